The lowest BCUT2D eigenvalue weighted by molar-refractivity contribution is -0.138. The minimum Gasteiger partial charge on any atom is -0.309 e. The Balaban J connectivity index is 1.37. The molecule has 0 aliphatic carbocycles. The molecule has 2 aromatic heterocycles. The molecule has 322 valence electrons. The van der Waals surface area contributed by atoms with Gasteiger partial charge in [0.1, 0.15) is 0 Å². The third-order valence-electron chi connectivity index (χ3n) is 11.4. The van der Waals surface area contributed by atoms with E-state index < -0.39 is 47.0 Å². The van der Waals surface area contributed by atoms with Crippen LogP contribution in [0.15, 0.2) is 127 Å². The van der Waals surface area contributed by atoms with Gasteiger partial charge in [0.15, 0.2) is 5.69 Å². The lowest BCUT2D eigenvalue weighted by Gasteiger charge is -2.19. The van der Waals surface area contributed by atoms with Crippen molar-refractivity contribution in [3.63, 3.8) is 0 Å². The Bertz CT molecular complexity index is 3360. The van der Waals surface area contributed by atoms with Crippen LogP contribution < -0.4 is 0 Å². The van der Waals surface area contributed by atoms with Crippen molar-refractivity contribution in [3.05, 3.63) is 172 Å². The van der Waals surface area contributed by atoms with E-state index in [-0.39, 0.29) is 55.3 Å². The Morgan fingerprint density at radius 3 is 1.34 bits per heavy atom. The fraction of sp³-hybridized carbons (Fsp3) is 0.122. The summed E-state index contributed by atoms with van der Waals surface area (Å²) in [5.41, 5.74) is -0.0871. The van der Waals surface area contributed by atoms with E-state index in [2.05, 4.69) is 4.85 Å². The molecule has 3 nitrogen and oxygen atoms in total. The summed E-state index contributed by atoms with van der Waals surface area (Å²) in [5.74, 6) is 0. The zero-order valence-electron chi connectivity index (χ0n) is 33.0. The van der Waals surface area contributed by atoms with Gasteiger partial charge in [0.2, 0.25) is 0 Å². The number of halogens is 12. The maximum atomic E-state index is 14.1. The van der Waals surface area contributed by atoms with Crippen LogP contribution >= 0.6 is 0 Å². The minimum absolute atomic E-state index is 0.0294. The van der Waals surface area contributed by atoms with Gasteiger partial charge in [-0.1, -0.05) is 29.8 Å². The Morgan fingerprint density at radius 1 is 0.406 bits per heavy atom. The smallest absolute Gasteiger partial charge is 0.309 e. The Kier molecular flexibility index (Phi) is 9.48. The molecule has 2 heterocycles. The molecule has 0 saturated carbocycles. The fourth-order valence-electron chi connectivity index (χ4n) is 8.48. The van der Waals surface area contributed by atoms with Crippen LogP contribution in [0, 0.1) is 20.4 Å². The highest BCUT2D eigenvalue weighted by molar-refractivity contribution is 6.11. The molecule has 0 spiro atoms. The molecule has 15 heteroatoms. The molecule has 0 radical (unpaired) electrons. The molecule has 64 heavy (non-hydrogen) atoms. The molecule has 0 saturated heterocycles. The van der Waals surface area contributed by atoms with Gasteiger partial charge >= 0.3 is 24.7 Å². The lowest BCUT2D eigenvalue weighted by atomic mass is 9.93. The summed E-state index contributed by atoms with van der Waals surface area (Å²) in [6.45, 7) is 11.5. The quantitative estimate of drug-likeness (QED) is 0.124. The molecule has 0 bridgehead atoms. The third-order valence-corrected chi connectivity index (χ3v) is 11.4. The van der Waals surface area contributed by atoms with Crippen molar-refractivity contribution in [2.45, 2.75) is 38.6 Å². The molecular weight excluding hydrogens is 859 g/mol. The Morgan fingerprint density at radius 2 is 0.859 bits per heavy atom. The summed E-state index contributed by atoms with van der Waals surface area (Å²) in [7, 11) is 0. The number of rotatable bonds is 4. The summed E-state index contributed by atoms with van der Waals surface area (Å²) in [4.78, 5) is 3.76. The molecule has 0 aliphatic rings. The summed E-state index contributed by atoms with van der Waals surface area (Å²) in [5, 5.41) is 0.454. The van der Waals surface area contributed by atoms with Crippen molar-refractivity contribution < 1.29 is 52.7 Å². The number of aromatic nitrogens is 2. The first kappa shape index (κ1) is 42.1. The molecule has 0 atom stereocenters. The zero-order valence-corrected chi connectivity index (χ0v) is 33.0. The van der Waals surface area contributed by atoms with Crippen molar-refractivity contribution in [3.8, 4) is 33.6 Å². The van der Waals surface area contributed by atoms with Gasteiger partial charge in [0.05, 0.1) is 56.6 Å². The number of hydrogen-bond donors (Lipinski definition) is 0. The summed E-state index contributed by atoms with van der Waals surface area (Å²) in [6, 6.07) is 26.5. The van der Waals surface area contributed by atoms with Crippen molar-refractivity contribution in [2.24, 2.45) is 0 Å². The second-order valence-electron chi connectivity index (χ2n) is 15.5. The highest BCUT2D eigenvalue weighted by Gasteiger charge is 2.35. The van der Waals surface area contributed by atoms with E-state index in [0.29, 0.717) is 33.2 Å². The Hall–Kier alpha value is -7.21. The average Bonchev–Trinajstić information content (AvgIpc) is 3.73. The molecule has 0 N–H and O–H groups in total. The summed E-state index contributed by atoms with van der Waals surface area (Å²) < 4.78 is 171. The molecule has 0 fully saturated rings. The van der Waals surface area contributed by atoms with E-state index >= 15 is 0 Å². The highest BCUT2D eigenvalue weighted by atomic mass is 19.4. The number of alkyl halides is 12. The van der Waals surface area contributed by atoms with E-state index in [4.69, 9.17) is 6.57 Å². The normalized spacial score (nSPS) is 12.8. The van der Waals surface area contributed by atoms with Crippen molar-refractivity contribution in [2.75, 3.05) is 0 Å². The lowest BCUT2D eigenvalue weighted by Crippen LogP contribution is -2.05. The van der Waals surface area contributed by atoms with E-state index in [1.165, 1.54) is 41.8 Å². The predicted octanol–water partition coefficient (Wildman–Crippen LogP) is 16.5. The number of benzene rings is 7. The van der Waals surface area contributed by atoms with Crippen molar-refractivity contribution in [1.29, 1.82) is 0 Å². The molecule has 9 rings (SSSR count). The number of aryl methyl sites for hydroxylation is 2. The van der Waals surface area contributed by atoms with Gasteiger partial charge in [0, 0.05) is 27.2 Å². The van der Waals surface area contributed by atoms with E-state index in [1.807, 2.05) is 0 Å². The molecular formula is C49H27F12N3. The SMILES string of the molecule is [C-]#[N+]c1ccc(-n2c3ccc(C(F)(F)F)cc3c3cc(C(F)(F)F)ccc32)cc1-c1cc(-c2ccc(C(F)(F)F)cc2C)ccc1-n1c2ccc(C)cc2c2cc(C(F)(F)F)ccc21. The number of hydrogen-bond acceptors (Lipinski definition) is 0. The fourth-order valence-corrected chi connectivity index (χ4v) is 8.48. The van der Waals surface area contributed by atoms with E-state index in [0.717, 1.165) is 66.2 Å². The molecule has 0 amide bonds. The van der Waals surface area contributed by atoms with Gasteiger partial charge in [-0.05, 0) is 145 Å². The molecule has 7 aromatic carbocycles. The molecule has 0 unspecified atom stereocenters. The Labute approximate surface area is 354 Å². The van der Waals surface area contributed by atoms with Crippen LogP contribution in [0.2, 0.25) is 0 Å². The zero-order chi connectivity index (χ0) is 45.8. The standard InChI is InChI=1S/C49H27F12N3/c1-25-4-13-43-35(18-25)37-21-31(49(59,60)61)9-17-45(37)64(43)44-14-5-27(33-11-6-28(19-26(33)2)46(50,51)52)20-36(44)34-24-32(10-12-40(34)62-3)63-41-15-7-29(47(53,54)55)22-38(41)39-23-30(48(56,57)58)8-16-42(39)63/h4-24H,1-2H3. The van der Waals surface area contributed by atoms with Crippen LogP contribution in [0.5, 0.6) is 0 Å². The number of fused-ring (bicyclic) bond motifs is 6. The van der Waals surface area contributed by atoms with Gasteiger partial charge in [0.25, 0.3) is 0 Å². The molecule has 9 aromatic rings. The first-order chi connectivity index (χ1) is 30.0. The second-order valence-corrected chi connectivity index (χ2v) is 15.5. The van der Waals surface area contributed by atoms with Gasteiger partial charge in [-0.2, -0.15) is 52.7 Å². The van der Waals surface area contributed by atoms with Crippen LogP contribution in [0.4, 0.5) is 58.4 Å². The van der Waals surface area contributed by atoms with Crippen LogP contribution in [-0.2, 0) is 24.7 Å². The second kappa shape index (κ2) is 14.4. The highest BCUT2D eigenvalue weighted by Crippen LogP contribution is 2.46. The monoisotopic (exact) mass is 885 g/mol. The predicted molar refractivity (Wildman–Crippen MR) is 222 cm³/mol. The summed E-state index contributed by atoms with van der Waals surface area (Å²) >= 11 is 0. The first-order valence-corrected chi connectivity index (χ1v) is 19.2. The van der Waals surface area contributed by atoms with Gasteiger partial charge in [-0.25, -0.2) is 4.85 Å². The third kappa shape index (κ3) is 7.07. The van der Waals surface area contributed by atoms with Gasteiger partial charge < -0.3 is 9.13 Å². The van der Waals surface area contributed by atoms with Gasteiger partial charge in [-0.15, -0.1) is 0 Å². The van der Waals surface area contributed by atoms with Crippen molar-refractivity contribution >= 4 is 49.3 Å². The largest absolute Gasteiger partial charge is 0.416 e. The maximum absolute atomic E-state index is 14.1. The van der Waals surface area contributed by atoms with Gasteiger partial charge in [-0.3, -0.25) is 0 Å². The minimum atomic E-state index is -4.83. The van der Waals surface area contributed by atoms with Crippen LogP contribution in [-0.4, -0.2) is 9.13 Å². The summed E-state index contributed by atoms with van der Waals surface area (Å²) in [6.07, 6.45) is -19.0. The van der Waals surface area contributed by atoms with Crippen LogP contribution in [0.1, 0.15) is 33.4 Å². The topological polar surface area (TPSA) is 14.2 Å². The van der Waals surface area contributed by atoms with Crippen molar-refractivity contribution in [1.82, 2.24) is 9.13 Å². The molecule has 0 aliphatic heterocycles. The van der Waals surface area contributed by atoms with E-state index in [1.54, 1.807) is 47.9 Å². The number of nitrogens with zero attached hydrogens (tertiary/aromatic N) is 3. The average molecular weight is 886 g/mol. The first-order valence-electron chi connectivity index (χ1n) is 19.2. The van der Waals surface area contributed by atoms with E-state index in [9.17, 15) is 52.7 Å². The maximum Gasteiger partial charge on any atom is 0.416 e. The van der Waals surface area contributed by atoms with Crippen LogP contribution in [0.25, 0.3) is 82.1 Å². The van der Waals surface area contributed by atoms with Crippen LogP contribution in [0.3, 0.4) is 0 Å².